The number of benzene rings is 1. The van der Waals surface area contributed by atoms with Crippen molar-refractivity contribution in [2.24, 2.45) is 0 Å². The Hall–Kier alpha value is -1.30. The zero-order valence-electron chi connectivity index (χ0n) is 12.7. The molecule has 0 aliphatic carbocycles. The highest BCUT2D eigenvalue weighted by atomic mass is 16.5. The number of piperazine rings is 1. The van der Waals surface area contributed by atoms with Gasteiger partial charge in [-0.1, -0.05) is 6.07 Å². The van der Waals surface area contributed by atoms with Gasteiger partial charge in [0.15, 0.2) is 11.5 Å². The van der Waals surface area contributed by atoms with Crippen molar-refractivity contribution in [1.29, 1.82) is 0 Å². The van der Waals surface area contributed by atoms with Crippen molar-refractivity contribution in [3.8, 4) is 11.5 Å². The highest BCUT2D eigenvalue weighted by molar-refractivity contribution is 5.41. The van der Waals surface area contributed by atoms with Gasteiger partial charge in [0.05, 0.1) is 6.61 Å². The summed E-state index contributed by atoms with van der Waals surface area (Å²) in [5, 5.41) is 13.1. The quantitative estimate of drug-likeness (QED) is 0.843. The fourth-order valence-electron chi connectivity index (χ4n) is 3.00. The molecule has 0 amide bonds. The predicted molar refractivity (Wildman–Crippen MR) is 82.8 cm³/mol. The van der Waals surface area contributed by atoms with Crippen LogP contribution in [0.15, 0.2) is 18.2 Å². The number of hydrogen-bond acceptors (Lipinski definition) is 5. The van der Waals surface area contributed by atoms with E-state index in [1.165, 1.54) is 5.56 Å². The number of ether oxygens (including phenoxy) is 1. The molecule has 2 saturated heterocycles. The van der Waals surface area contributed by atoms with Gasteiger partial charge < -0.3 is 15.2 Å². The summed E-state index contributed by atoms with van der Waals surface area (Å²) >= 11 is 0. The molecule has 2 aliphatic heterocycles. The first-order chi connectivity index (χ1) is 10.3. The molecule has 116 valence electrons. The lowest BCUT2D eigenvalue weighted by molar-refractivity contribution is 0.0695. The van der Waals surface area contributed by atoms with Crippen molar-refractivity contribution in [2.75, 3.05) is 45.9 Å². The molecule has 2 N–H and O–H groups in total. The molecule has 2 heterocycles. The van der Waals surface area contributed by atoms with Gasteiger partial charge in [0.25, 0.3) is 0 Å². The van der Waals surface area contributed by atoms with E-state index in [0.717, 1.165) is 51.9 Å². The van der Waals surface area contributed by atoms with Gasteiger partial charge in [0, 0.05) is 51.9 Å². The first-order valence-electron chi connectivity index (χ1n) is 7.88. The van der Waals surface area contributed by atoms with Gasteiger partial charge in [-0.05, 0) is 24.6 Å². The smallest absolute Gasteiger partial charge is 0.161 e. The Balaban J connectivity index is 1.53. The fraction of sp³-hybridized carbons (Fsp3) is 0.625. The Bertz CT molecular complexity index is 469. The highest BCUT2D eigenvalue weighted by Crippen LogP contribution is 2.27. The van der Waals surface area contributed by atoms with Gasteiger partial charge in [-0.2, -0.15) is 0 Å². The first-order valence-corrected chi connectivity index (χ1v) is 7.88. The molecule has 3 rings (SSSR count). The second-order valence-corrected chi connectivity index (χ2v) is 5.86. The van der Waals surface area contributed by atoms with Gasteiger partial charge in [-0.15, -0.1) is 0 Å². The molecule has 0 bridgehead atoms. The summed E-state index contributed by atoms with van der Waals surface area (Å²) in [6.07, 6.45) is 0. The van der Waals surface area contributed by atoms with E-state index >= 15 is 0 Å². The lowest BCUT2D eigenvalue weighted by atomic mass is 10.1. The molecular weight excluding hydrogens is 266 g/mol. The van der Waals surface area contributed by atoms with Crippen LogP contribution in [0.5, 0.6) is 11.5 Å². The summed E-state index contributed by atoms with van der Waals surface area (Å²) in [7, 11) is 0. The van der Waals surface area contributed by atoms with E-state index in [9.17, 15) is 5.11 Å². The van der Waals surface area contributed by atoms with Gasteiger partial charge >= 0.3 is 0 Å². The summed E-state index contributed by atoms with van der Waals surface area (Å²) in [5.74, 6) is 0.817. The van der Waals surface area contributed by atoms with E-state index in [0.29, 0.717) is 12.4 Å². The molecule has 5 heteroatoms. The third-order valence-corrected chi connectivity index (χ3v) is 4.41. The van der Waals surface area contributed by atoms with E-state index < -0.39 is 0 Å². The van der Waals surface area contributed by atoms with Crippen molar-refractivity contribution in [3.63, 3.8) is 0 Å². The number of phenolic OH excluding ortho intramolecular Hbond substituents is 1. The van der Waals surface area contributed by atoms with E-state index in [-0.39, 0.29) is 5.75 Å². The zero-order valence-corrected chi connectivity index (χ0v) is 12.7. The van der Waals surface area contributed by atoms with Gasteiger partial charge in [-0.3, -0.25) is 9.80 Å². The molecule has 0 aromatic heterocycles. The van der Waals surface area contributed by atoms with Crippen LogP contribution in [0.25, 0.3) is 0 Å². The van der Waals surface area contributed by atoms with Crippen LogP contribution < -0.4 is 10.1 Å². The molecule has 2 fully saturated rings. The lowest BCUT2D eigenvalue weighted by Gasteiger charge is -2.43. The molecule has 0 spiro atoms. The molecule has 21 heavy (non-hydrogen) atoms. The minimum absolute atomic E-state index is 0.225. The van der Waals surface area contributed by atoms with Crippen LogP contribution in [0.4, 0.5) is 0 Å². The van der Waals surface area contributed by atoms with E-state index in [2.05, 4.69) is 15.1 Å². The Morgan fingerprint density at radius 2 is 2.00 bits per heavy atom. The largest absolute Gasteiger partial charge is 0.504 e. The monoisotopic (exact) mass is 291 g/mol. The van der Waals surface area contributed by atoms with E-state index in [4.69, 9.17) is 4.74 Å². The van der Waals surface area contributed by atoms with Gasteiger partial charge in [-0.25, -0.2) is 0 Å². The molecule has 0 saturated carbocycles. The summed E-state index contributed by atoms with van der Waals surface area (Å²) in [6, 6.07) is 6.43. The molecule has 0 unspecified atom stereocenters. The number of nitrogens with zero attached hydrogens (tertiary/aromatic N) is 2. The number of nitrogens with one attached hydrogen (secondary N) is 1. The highest BCUT2D eigenvalue weighted by Gasteiger charge is 2.27. The van der Waals surface area contributed by atoms with Crippen LogP contribution in [-0.2, 0) is 6.54 Å². The fourth-order valence-corrected chi connectivity index (χ4v) is 3.00. The van der Waals surface area contributed by atoms with Crippen molar-refractivity contribution >= 4 is 0 Å². The third kappa shape index (κ3) is 3.48. The van der Waals surface area contributed by atoms with Crippen LogP contribution in [-0.4, -0.2) is 66.8 Å². The van der Waals surface area contributed by atoms with Gasteiger partial charge in [0.1, 0.15) is 0 Å². The number of aromatic hydroxyl groups is 1. The summed E-state index contributed by atoms with van der Waals surface area (Å²) in [4.78, 5) is 5.07. The number of phenols is 1. The normalized spacial score (nSPS) is 21.2. The Morgan fingerprint density at radius 3 is 2.62 bits per heavy atom. The minimum atomic E-state index is 0.225. The topological polar surface area (TPSA) is 48.0 Å². The minimum Gasteiger partial charge on any atom is -0.504 e. The maximum absolute atomic E-state index is 9.75. The molecule has 0 atom stereocenters. The Morgan fingerprint density at radius 1 is 1.24 bits per heavy atom. The number of rotatable bonds is 5. The van der Waals surface area contributed by atoms with Gasteiger partial charge in [0.2, 0.25) is 0 Å². The van der Waals surface area contributed by atoms with Crippen molar-refractivity contribution in [3.05, 3.63) is 23.8 Å². The molecule has 1 aromatic carbocycles. The molecule has 2 aliphatic rings. The average molecular weight is 291 g/mol. The summed E-state index contributed by atoms with van der Waals surface area (Å²) in [5.41, 5.74) is 1.20. The van der Waals surface area contributed by atoms with E-state index in [1.807, 2.05) is 19.1 Å². The summed E-state index contributed by atoms with van der Waals surface area (Å²) < 4.78 is 5.45. The van der Waals surface area contributed by atoms with E-state index in [1.54, 1.807) is 6.07 Å². The second-order valence-electron chi connectivity index (χ2n) is 5.86. The van der Waals surface area contributed by atoms with Crippen molar-refractivity contribution in [1.82, 2.24) is 15.1 Å². The number of hydrogen-bond donors (Lipinski definition) is 2. The molecule has 0 radical (unpaired) electrons. The van der Waals surface area contributed by atoms with Crippen molar-refractivity contribution < 1.29 is 9.84 Å². The Labute approximate surface area is 126 Å². The SMILES string of the molecule is CCOc1cc(CN2CCN(C3CNC3)CC2)ccc1O. The molecule has 1 aromatic rings. The van der Waals surface area contributed by atoms with Crippen LogP contribution in [0.2, 0.25) is 0 Å². The third-order valence-electron chi connectivity index (χ3n) is 4.41. The summed E-state index contributed by atoms with van der Waals surface area (Å²) in [6.45, 7) is 10.3. The Kier molecular flexibility index (Phi) is 4.63. The van der Waals surface area contributed by atoms with Crippen LogP contribution >= 0.6 is 0 Å². The first kappa shape index (κ1) is 14.6. The average Bonchev–Trinajstić information content (AvgIpc) is 2.43. The van der Waals surface area contributed by atoms with Crippen LogP contribution in [0.3, 0.4) is 0 Å². The standard InChI is InChI=1S/C16H25N3O2/c1-2-21-16-9-13(3-4-15(16)20)12-18-5-7-19(8-6-18)14-10-17-11-14/h3-4,9,14,17,20H,2,5-8,10-12H2,1H3. The maximum atomic E-state index is 9.75. The maximum Gasteiger partial charge on any atom is 0.161 e. The predicted octanol–water partition coefficient (Wildman–Crippen LogP) is 0.880. The van der Waals surface area contributed by atoms with Crippen molar-refractivity contribution in [2.45, 2.75) is 19.5 Å². The molecular formula is C16H25N3O2. The second kappa shape index (κ2) is 6.64. The molecule has 5 nitrogen and oxygen atoms in total. The lowest BCUT2D eigenvalue weighted by Crippen LogP contribution is -2.61. The van der Waals surface area contributed by atoms with Crippen LogP contribution in [0.1, 0.15) is 12.5 Å². The zero-order chi connectivity index (χ0) is 14.7. The van der Waals surface area contributed by atoms with Crippen LogP contribution in [0, 0.1) is 0 Å².